The highest BCUT2D eigenvalue weighted by molar-refractivity contribution is 9.11. The smallest absolute Gasteiger partial charge is 0.0702 e. The molecule has 0 amide bonds. The van der Waals surface area contributed by atoms with Crippen LogP contribution in [0.5, 0.6) is 0 Å². The standard InChI is InChI=1S/C16H20BrNS/c1-11(2)10-12-4-6-13(7-5-12)16(18-3)14-8-9-15(17)19-14/h4-9,11,16,18H,10H2,1-3H3. The van der Waals surface area contributed by atoms with Crippen molar-refractivity contribution in [3.8, 4) is 0 Å². The first-order valence-electron chi connectivity index (χ1n) is 6.61. The summed E-state index contributed by atoms with van der Waals surface area (Å²) in [6.07, 6.45) is 1.15. The summed E-state index contributed by atoms with van der Waals surface area (Å²) in [6.45, 7) is 4.51. The Morgan fingerprint density at radius 2 is 1.79 bits per heavy atom. The molecule has 1 aromatic heterocycles. The highest BCUT2D eigenvalue weighted by Gasteiger charge is 2.13. The lowest BCUT2D eigenvalue weighted by atomic mass is 9.99. The van der Waals surface area contributed by atoms with E-state index in [0.717, 1.165) is 6.42 Å². The number of nitrogens with one attached hydrogen (secondary N) is 1. The fraction of sp³-hybridized carbons (Fsp3) is 0.375. The van der Waals surface area contributed by atoms with E-state index in [4.69, 9.17) is 0 Å². The Bertz CT molecular complexity index is 516. The first kappa shape index (κ1) is 14.8. The van der Waals surface area contributed by atoms with Crippen molar-refractivity contribution < 1.29 is 0 Å². The topological polar surface area (TPSA) is 12.0 Å². The Balaban J connectivity index is 2.19. The third-order valence-corrected chi connectivity index (χ3v) is 4.81. The molecule has 0 saturated carbocycles. The largest absolute Gasteiger partial charge is 0.309 e. The molecule has 0 aliphatic carbocycles. The van der Waals surface area contributed by atoms with Crippen LogP contribution in [0.25, 0.3) is 0 Å². The first-order valence-corrected chi connectivity index (χ1v) is 8.22. The number of thiophene rings is 1. The number of hydrogen-bond donors (Lipinski definition) is 1. The van der Waals surface area contributed by atoms with Gasteiger partial charge in [-0.25, -0.2) is 0 Å². The van der Waals surface area contributed by atoms with Gasteiger partial charge in [-0.1, -0.05) is 38.1 Å². The van der Waals surface area contributed by atoms with Crippen molar-refractivity contribution >= 4 is 27.3 Å². The number of rotatable bonds is 5. The zero-order chi connectivity index (χ0) is 13.8. The van der Waals surface area contributed by atoms with Crippen LogP contribution in [0, 0.1) is 5.92 Å². The van der Waals surface area contributed by atoms with Crippen molar-refractivity contribution in [1.82, 2.24) is 5.32 Å². The molecule has 0 saturated heterocycles. The van der Waals surface area contributed by atoms with Crippen LogP contribution in [-0.2, 0) is 6.42 Å². The molecule has 1 atom stereocenters. The van der Waals surface area contributed by atoms with Crippen LogP contribution in [0.4, 0.5) is 0 Å². The summed E-state index contributed by atoms with van der Waals surface area (Å²) in [5.41, 5.74) is 2.74. The van der Waals surface area contributed by atoms with Gasteiger partial charge in [0.25, 0.3) is 0 Å². The molecule has 102 valence electrons. The van der Waals surface area contributed by atoms with Gasteiger partial charge in [0.05, 0.1) is 9.83 Å². The minimum atomic E-state index is 0.282. The summed E-state index contributed by atoms with van der Waals surface area (Å²) in [5.74, 6) is 0.708. The van der Waals surface area contributed by atoms with Gasteiger partial charge in [-0.15, -0.1) is 11.3 Å². The third kappa shape index (κ3) is 3.91. The second-order valence-corrected chi connectivity index (χ2v) is 7.70. The average Bonchev–Trinajstić information content (AvgIpc) is 2.78. The van der Waals surface area contributed by atoms with Crippen LogP contribution in [0.3, 0.4) is 0 Å². The van der Waals surface area contributed by atoms with E-state index in [9.17, 15) is 0 Å². The second-order valence-electron chi connectivity index (χ2n) is 5.20. The van der Waals surface area contributed by atoms with Crippen LogP contribution < -0.4 is 5.32 Å². The lowest BCUT2D eigenvalue weighted by Crippen LogP contribution is -2.16. The molecular weight excluding hydrogens is 318 g/mol. The fourth-order valence-corrected chi connectivity index (χ4v) is 3.84. The Morgan fingerprint density at radius 1 is 1.11 bits per heavy atom. The summed E-state index contributed by atoms with van der Waals surface area (Å²) in [5, 5.41) is 3.40. The second kappa shape index (κ2) is 6.69. The summed E-state index contributed by atoms with van der Waals surface area (Å²) in [4.78, 5) is 1.34. The van der Waals surface area contributed by atoms with Crippen LogP contribution >= 0.6 is 27.3 Å². The lowest BCUT2D eigenvalue weighted by molar-refractivity contribution is 0.646. The predicted molar refractivity (Wildman–Crippen MR) is 87.9 cm³/mol. The van der Waals surface area contributed by atoms with E-state index < -0.39 is 0 Å². The van der Waals surface area contributed by atoms with Gasteiger partial charge in [0.1, 0.15) is 0 Å². The van der Waals surface area contributed by atoms with E-state index in [1.807, 2.05) is 7.05 Å². The molecule has 1 aromatic carbocycles. The van der Waals surface area contributed by atoms with Crippen molar-refractivity contribution in [3.05, 3.63) is 56.2 Å². The SMILES string of the molecule is CNC(c1ccc(CC(C)C)cc1)c1ccc(Br)s1. The lowest BCUT2D eigenvalue weighted by Gasteiger charge is -2.16. The van der Waals surface area contributed by atoms with Gasteiger partial charge in [0.2, 0.25) is 0 Å². The maximum Gasteiger partial charge on any atom is 0.0702 e. The molecule has 2 aromatic rings. The van der Waals surface area contributed by atoms with Crippen molar-refractivity contribution in [2.45, 2.75) is 26.3 Å². The number of benzene rings is 1. The van der Waals surface area contributed by atoms with Gasteiger partial charge in [-0.3, -0.25) is 0 Å². The summed E-state index contributed by atoms with van der Waals surface area (Å²) >= 11 is 5.32. The average molecular weight is 338 g/mol. The molecule has 0 spiro atoms. The molecule has 3 heteroatoms. The van der Waals surface area contributed by atoms with E-state index in [-0.39, 0.29) is 6.04 Å². The molecule has 19 heavy (non-hydrogen) atoms. The molecule has 0 bridgehead atoms. The molecule has 1 nitrogen and oxygen atoms in total. The highest BCUT2D eigenvalue weighted by Crippen LogP contribution is 2.31. The van der Waals surface area contributed by atoms with E-state index >= 15 is 0 Å². The van der Waals surface area contributed by atoms with Gasteiger partial charge in [0.15, 0.2) is 0 Å². The Hall–Kier alpha value is -0.640. The zero-order valence-electron chi connectivity index (χ0n) is 11.6. The molecule has 1 heterocycles. The van der Waals surface area contributed by atoms with Crippen LogP contribution in [0.2, 0.25) is 0 Å². The van der Waals surface area contributed by atoms with E-state index in [1.165, 1.54) is 19.8 Å². The summed E-state index contributed by atoms with van der Waals surface area (Å²) in [7, 11) is 2.01. The van der Waals surface area contributed by atoms with Gasteiger partial charge in [0, 0.05) is 4.88 Å². The molecule has 0 aliphatic rings. The van der Waals surface area contributed by atoms with E-state index in [2.05, 4.69) is 71.5 Å². The van der Waals surface area contributed by atoms with E-state index in [1.54, 1.807) is 11.3 Å². The molecule has 0 radical (unpaired) electrons. The normalized spacial score (nSPS) is 12.9. The quantitative estimate of drug-likeness (QED) is 0.807. The van der Waals surface area contributed by atoms with Crippen LogP contribution in [0.1, 0.15) is 35.9 Å². The molecule has 1 N–H and O–H groups in total. The summed E-state index contributed by atoms with van der Waals surface area (Å²) in [6, 6.07) is 13.6. The molecule has 0 aliphatic heterocycles. The van der Waals surface area contributed by atoms with Crippen molar-refractivity contribution in [2.24, 2.45) is 5.92 Å². The van der Waals surface area contributed by atoms with Gasteiger partial charge in [-0.05, 0) is 58.6 Å². The van der Waals surface area contributed by atoms with Crippen molar-refractivity contribution in [3.63, 3.8) is 0 Å². The van der Waals surface area contributed by atoms with Crippen molar-refractivity contribution in [2.75, 3.05) is 7.05 Å². The predicted octanol–water partition coefficient (Wildman–Crippen LogP) is 5.02. The third-order valence-electron chi connectivity index (χ3n) is 3.12. The number of halogens is 1. The Morgan fingerprint density at radius 3 is 2.26 bits per heavy atom. The molecule has 0 fully saturated rings. The van der Waals surface area contributed by atoms with Gasteiger partial charge < -0.3 is 5.32 Å². The fourth-order valence-electron chi connectivity index (χ4n) is 2.27. The number of hydrogen-bond acceptors (Lipinski definition) is 2. The highest BCUT2D eigenvalue weighted by atomic mass is 79.9. The van der Waals surface area contributed by atoms with Crippen LogP contribution in [0.15, 0.2) is 40.2 Å². The van der Waals surface area contributed by atoms with Crippen molar-refractivity contribution in [1.29, 1.82) is 0 Å². The molecule has 1 unspecified atom stereocenters. The minimum absolute atomic E-state index is 0.282. The van der Waals surface area contributed by atoms with Gasteiger partial charge in [-0.2, -0.15) is 0 Å². The Labute approximate surface area is 128 Å². The zero-order valence-corrected chi connectivity index (χ0v) is 14.0. The Kier molecular flexibility index (Phi) is 5.20. The van der Waals surface area contributed by atoms with E-state index in [0.29, 0.717) is 5.92 Å². The molecular formula is C16H20BrNS. The maximum atomic E-state index is 3.53. The molecule has 2 rings (SSSR count). The minimum Gasteiger partial charge on any atom is -0.309 e. The monoisotopic (exact) mass is 337 g/mol. The first-order chi connectivity index (χ1) is 9.10. The summed E-state index contributed by atoms with van der Waals surface area (Å²) < 4.78 is 1.18. The van der Waals surface area contributed by atoms with Crippen LogP contribution in [-0.4, -0.2) is 7.05 Å². The maximum absolute atomic E-state index is 3.53. The van der Waals surface area contributed by atoms with Gasteiger partial charge >= 0.3 is 0 Å².